The van der Waals surface area contributed by atoms with E-state index in [1.165, 1.54) is 22.3 Å². The molecule has 0 aliphatic rings. The summed E-state index contributed by atoms with van der Waals surface area (Å²) in [6.07, 6.45) is 1.97. The lowest BCUT2D eigenvalue weighted by Crippen LogP contribution is -1.96. The van der Waals surface area contributed by atoms with Gasteiger partial charge >= 0.3 is 0 Å². The lowest BCUT2D eigenvalue weighted by Gasteiger charge is -2.11. The van der Waals surface area contributed by atoms with Crippen LogP contribution in [-0.2, 0) is 12.8 Å². The maximum absolute atomic E-state index is 9.26. The van der Waals surface area contributed by atoms with Crippen LogP contribution in [0.15, 0.2) is 36.4 Å². The number of benzene rings is 2. The van der Waals surface area contributed by atoms with E-state index in [2.05, 4.69) is 26.0 Å². The van der Waals surface area contributed by atoms with Crippen LogP contribution in [0.5, 0.6) is 11.5 Å². The topological polar surface area (TPSA) is 29.5 Å². The Morgan fingerprint density at radius 3 is 1.95 bits per heavy atom. The highest BCUT2D eigenvalue weighted by molar-refractivity contribution is 5.43. The van der Waals surface area contributed by atoms with E-state index in [4.69, 9.17) is 4.74 Å². The van der Waals surface area contributed by atoms with E-state index in [1.807, 2.05) is 12.1 Å². The van der Waals surface area contributed by atoms with Crippen molar-refractivity contribution in [3.05, 3.63) is 58.7 Å². The van der Waals surface area contributed by atoms with Crippen LogP contribution in [0.4, 0.5) is 0 Å². The number of rotatable bonds is 4. The van der Waals surface area contributed by atoms with Gasteiger partial charge < -0.3 is 9.84 Å². The first-order chi connectivity index (χ1) is 9.10. The first kappa shape index (κ1) is 13.5. The minimum Gasteiger partial charge on any atom is -0.508 e. The molecule has 0 atom stereocenters. The van der Waals surface area contributed by atoms with Crippen LogP contribution in [-0.4, -0.2) is 12.2 Å². The van der Waals surface area contributed by atoms with Crippen molar-refractivity contribution in [2.75, 3.05) is 7.11 Å². The van der Waals surface area contributed by atoms with E-state index in [-0.39, 0.29) is 0 Å². The molecule has 0 bridgehead atoms. The van der Waals surface area contributed by atoms with Crippen LogP contribution in [0.2, 0.25) is 0 Å². The Kier molecular flexibility index (Phi) is 4.10. The Labute approximate surface area is 114 Å². The average Bonchev–Trinajstić information content (AvgIpc) is 2.38. The highest BCUT2D eigenvalue weighted by Crippen LogP contribution is 2.25. The highest BCUT2D eigenvalue weighted by Gasteiger charge is 2.05. The van der Waals surface area contributed by atoms with Crippen molar-refractivity contribution in [1.29, 1.82) is 0 Å². The molecule has 0 heterocycles. The molecule has 0 fully saturated rings. The predicted octanol–water partition coefficient (Wildman–Crippen LogP) is 3.80. The van der Waals surface area contributed by atoms with Gasteiger partial charge in [0.15, 0.2) is 0 Å². The summed E-state index contributed by atoms with van der Waals surface area (Å²) in [7, 11) is 1.71. The Balaban J connectivity index is 2.09. The van der Waals surface area contributed by atoms with Crippen LogP contribution >= 0.6 is 0 Å². The Hall–Kier alpha value is -1.96. The molecule has 2 rings (SSSR count). The molecular formula is C17H20O2. The van der Waals surface area contributed by atoms with Crippen molar-refractivity contribution >= 4 is 0 Å². The first-order valence-electron chi connectivity index (χ1n) is 6.52. The number of phenolic OH excluding ortho intramolecular Hbond substituents is 1. The molecule has 2 aromatic carbocycles. The molecule has 0 aromatic heterocycles. The van der Waals surface area contributed by atoms with Crippen LogP contribution < -0.4 is 4.74 Å². The van der Waals surface area contributed by atoms with E-state index in [0.29, 0.717) is 5.75 Å². The molecule has 19 heavy (non-hydrogen) atoms. The third-order valence-electron chi connectivity index (χ3n) is 3.36. The molecule has 0 aliphatic heterocycles. The van der Waals surface area contributed by atoms with Crippen molar-refractivity contribution in [2.45, 2.75) is 26.7 Å². The molecule has 2 heteroatoms. The number of methoxy groups -OCH3 is 1. The largest absolute Gasteiger partial charge is 0.508 e. The molecule has 1 N–H and O–H groups in total. The van der Waals surface area contributed by atoms with Gasteiger partial charge in [-0.15, -0.1) is 0 Å². The zero-order valence-electron chi connectivity index (χ0n) is 11.7. The highest BCUT2D eigenvalue weighted by atomic mass is 16.5. The second-order valence-electron chi connectivity index (χ2n) is 4.93. The molecule has 0 spiro atoms. The molecule has 100 valence electrons. The lowest BCUT2D eigenvalue weighted by atomic mass is 10.00. The van der Waals surface area contributed by atoms with Crippen molar-refractivity contribution in [2.24, 2.45) is 0 Å². The smallest absolute Gasteiger partial charge is 0.124 e. The predicted molar refractivity (Wildman–Crippen MR) is 78.0 cm³/mol. The van der Waals surface area contributed by atoms with E-state index >= 15 is 0 Å². The van der Waals surface area contributed by atoms with E-state index in [0.717, 1.165) is 18.6 Å². The molecular weight excluding hydrogens is 236 g/mol. The summed E-state index contributed by atoms with van der Waals surface area (Å²) in [6.45, 7) is 4.16. The SMILES string of the molecule is COc1c(C)cc(CCc2ccc(O)cc2)cc1C. The summed E-state index contributed by atoms with van der Waals surface area (Å²) >= 11 is 0. The van der Waals surface area contributed by atoms with Crippen molar-refractivity contribution in [3.63, 3.8) is 0 Å². The number of phenols is 1. The van der Waals surface area contributed by atoms with Gasteiger partial charge in [-0.05, 0) is 61.1 Å². The van der Waals surface area contributed by atoms with Gasteiger partial charge in [-0.2, -0.15) is 0 Å². The van der Waals surface area contributed by atoms with E-state index < -0.39 is 0 Å². The van der Waals surface area contributed by atoms with Gasteiger partial charge in [0.05, 0.1) is 7.11 Å². The Morgan fingerprint density at radius 1 is 0.895 bits per heavy atom. The zero-order valence-corrected chi connectivity index (χ0v) is 11.7. The monoisotopic (exact) mass is 256 g/mol. The van der Waals surface area contributed by atoms with Gasteiger partial charge in [-0.1, -0.05) is 24.3 Å². The van der Waals surface area contributed by atoms with Gasteiger partial charge in [-0.25, -0.2) is 0 Å². The molecule has 2 nitrogen and oxygen atoms in total. The van der Waals surface area contributed by atoms with Crippen LogP contribution in [0.1, 0.15) is 22.3 Å². The van der Waals surface area contributed by atoms with Gasteiger partial charge in [0, 0.05) is 0 Å². The van der Waals surface area contributed by atoms with Crippen LogP contribution in [0.3, 0.4) is 0 Å². The maximum Gasteiger partial charge on any atom is 0.124 e. The van der Waals surface area contributed by atoms with Crippen LogP contribution in [0, 0.1) is 13.8 Å². The second kappa shape index (κ2) is 5.79. The zero-order chi connectivity index (χ0) is 13.8. The van der Waals surface area contributed by atoms with Gasteiger partial charge in [-0.3, -0.25) is 0 Å². The molecule has 0 amide bonds. The van der Waals surface area contributed by atoms with E-state index in [9.17, 15) is 5.11 Å². The summed E-state index contributed by atoms with van der Waals surface area (Å²) in [5, 5.41) is 9.26. The van der Waals surface area contributed by atoms with Gasteiger partial charge in [0.25, 0.3) is 0 Å². The fourth-order valence-corrected chi connectivity index (χ4v) is 2.46. The fraction of sp³-hybridized carbons (Fsp3) is 0.294. The first-order valence-corrected chi connectivity index (χ1v) is 6.52. The van der Waals surface area contributed by atoms with Gasteiger partial charge in [0.2, 0.25) is 0 Å². The van der Waals surface area contributed by atoms with Crippen molar-refractivity contribution < 1.29 is 9.84 Å². The fourth-order valence-electron chi connectivity index (χ4n) is 2.46. The molecule has 2 aromatic rings. The van der Waals surface area contributed by atoms with Crippen molar-refractivity contribution in [1.82, 2.24) is 0 Å². The molecule has 0 unspecified atom stereocenters. The molecule has 0 radical (unpaired) electrons. The summed E-state index contributed by atoms with van der Waals surface area (Å²) < 4.78 is 5.38. The third kappa shape index (κ3) is 3.28. The minimum atomic E-state index is 0.319. The summed E-state index contributed by atoms with van der Waals surface area (Å²) in [5.74, 6) is 1.30. The maximum atomic E-state index is 9.26. The Morgan fingerprint density at radius 2 is 1.42 bits per heavy atom. The average molecular weight is 256 g/mol. The number of hydrogen-bond donors (Lipinski definition) is 1. The normalized spacial score (nSPS) is 10.5. The minimum absolute atomic E-state index is 0.319. The number of aromatic hydroxyl groups is 1. The number of ether oxygens (including phenoxy) is 1. The molecule has 0 saturated carbocycles. The number of aryl methyl sites for hydroxylation is 4. The standard InChI is InChI=1S/C17H20O2/c1-12-10-15(11-13(2)17(12)19-3)5-4-14-6-8-16(18)9-7-14/h6-11,18H,4-5H2,1-3H3. The van der Waals surface area contributed by atoms with E-state index in [1.54, 1.807) is 19.2 Å². The Bertz CT molecular complexity index is 533. The third-order valence-corrected chi connectivity index (χ3v) is 3.36. The summed E-state index contributed by atoms with van der Waals surface area (Å²) in [4.78, 5) is 0. The second-order valence-corrected chi connectivity index (χ2v) is 4.93. The van der Waals surface area contributed by atoms with Crippen molar-refractivity contribution in [3.8, 4) is 11.5 Å². The van der Waals surface area contributed by atoms with Gasteiger partial charge in [0.1, 0.15) is 11.5 Å². The lowest BCUT2D eigenvalue weighted by molar-refractivity contribution is 0.408. The summed E-state index contributed by atoms with van der Waals surface area (Å²) in [5.41, 5.74) is 4.93. The van der Waals surface area contributed by atoms with Crippen LogP contribution in [0.25, 0.3) is 0 Å². The molecule has 0 aliphatic carbocycles. The summed E-state index contributed by atoms with van der Waals surface area (Å²) in [6, 6.07) is 11.8. The molecule has 0 saturated heterocycles. The number of hydrogen-bond acceptors (Lipinski definition) is 2. The quantitative estimate of drug-likeness (QED) is 0.901.